The van der Waals surface area contributed by atoms with Gasteiger partial charge in [-0.25, -0.2) is 0 Å². The maximum atomic E-state index is 13.1. The molecule has 1 aliphatic heterocycles. The summed E-state index contributed by atoms with van der Waals surface area (Å²) in [6, 6.07) is -2.59. The van der Waals surface area contributed by atoms with Crippen LogP contribution in [0, 0.1) is 5.92 Å². The van der Waals surface area contributed by atoms with E-state index in [1.54, 1.807) is 13.8 Å². The fourth-order valence-electron chi connectivity index (χ4n) is 2.41. The van der Waals surface area contributed by atoms with Gasteiger partial charge in [-0.2, -0.15) is 13.2 Å². The summed E-state index contributed by atoms with van der Waals surface area (Å²) in [5.74, 6) is -1.01. The molecule has 24 heavy (non-hydrogen) atoms. The predicted molar refractivity (Wildman–Crippen MR) is 82.0 cm³/mol. The molecule has 5 nitrogen and oxygen atoms in total. The van der Waals surface area contributed by atoms with Crippen LogP contribution < -0.4 is 5.32 Å². The Labute approximate surface area is 139 Å². The van der Waals surface area contributed by atoms with Gasteiger partial charge in [-0.05, 0) is 18.8 Å². The minimum absolute atomic E-state index is 0.152. The molecule has 0 spiro atoms. The van der Waals surface area contributed by atoms with E-state index >= 15 is 0 Å². The molecule has 0 aromatic rings. The summed E-state index contributed by atoms with van der Waals surface area (Å²) in [7, 11) is 0. The van der Waals surface area contributed by atoms with Gasteiger partial charge in [-0.3, -0.25) is 19.8 Å². The summed E-state index contributed by atoms with van der Waals surface area (Å²) < 4.78 is 39.2. The Morgan fingerprint density at radius 3 is 2.17 bits per heavy atom. The molecule has 2 atom stereocenters. The number of nitrogens with zero attached hydrogens (tertiary/aromatic N) is 1. The Morgan fingerprint density at radius 1 is 1.12 bits per heavy atom. The van der Waals surface area contributed by atoms with Gasteiger partial charge in [0.2, 0.25) is 0 Å². The average Bonchev–Trinajstić information content (AvgIpc) is 2.79. The van der Waals surface area contributed by atoms with Gasteiger partial charge in [0.25, 0.3) is 11.8 Å². The third-order valence-corrected chi connectivity index (χ3v) is 3.93. The van der Waals surface area contributed by atoms with Crippen molar-refractivity contribution < 1.29 is 27.6 Å². The molecule has 1 N–H and O–H groups in total. The van der Waals surface area contributed by atoms with Crippen molar-refractivity contribution in [1.82, 2.24) is 10.2 Å². The number of hydrogen-bond donors (Lipinski definition) is 1. The summed E-state index contributed by atoms with van der Waals surface area (Å²) in [5, 5.41) is 2.37. The molecule has 136 valence electrons. The molecule has 8 heteroatoms. The largest absolute Gasteiger partial charge is 0.403 e. The Hall–Kier alpha value is -1.70. The number of amides is 2. The third kappa shape index (κ3) is 6.07. The number of rotatable bonds is 10. The van der Waals surface area contributed by atoms with Crippen LogP contribution in [0.1, 0.15) is 39.5 Å². The topological polar surface area (TPSA) is 66.5 Å². The van der Waals surface area contributed by atoms with E-state index in [2.05, 4.69) is 5.32 Å². The van der Waals surface area contributed by atoms with Crippen LogP contribution in [0.2, 0.25) is 0 Å². The first kappa shape index (κ1) is 20.3. The molecule has 1 aliphatic rings. The molecule has 0 radical (unpaired) electrons. The van der Waals surface area contributed by atoms with E-state index in [0.717, 1.165) is 4.90 Å². The van der Waals surface area contributed by atoms with Crippen molar-refractivity contribution >= 4 is 18.1 Å². The van der Waals surface area contributed by atoms with E-state index in [4.69, 9.17) is 0 Å². The minimum atomic E-state index is -4.43. The summed E-state index contributed by atoms with van der Waals surface area (Å²) in [5.41, 5.74) is 0. The van der Waals surface area contributed by atoms with Gasteiger partial charge >= 0.3 is 6.18 Å². The van der Waals surface area contributed by atoms with Crippen LogP contribution in [0.5, 0.6) is 0 Å². The van der Waals surface area contributed by atoms with Crippen molar-refractivity contribution in [3.05, 3.63) is 12.2 Å². The number of alkyl halides is 3. The smallest absolute Gasteiger partial charge is 0.302 e. The third-order valence-electron chi connectivity index (χ3n) is 3.93. The summed E-state index contributed by atoms with van der Waals surface area (Å²) in [6.45, 7) is 3.56. The highest BCUT2D eigenvalue weighted by Crippen LogP contribution is 2.25. The van der Waals surface area contributed by atoms with Crippen molar-refractivity contribution in [3.63, 3.8) is 0 Å². The normalized spacial score (nSPS) is 17.7. The molecular formula is C16H23F3N2O3. The van der Waals surface area contributed by atoms with Crippen LogP contribution in [0.25, 0.3) is 0 Å². The van der Waals surface area contributed by atoms with E-state index in [1.807, 2.05) is 0 Å². The van der Waals surface area contributed by atoms with Crippen LogP contribution in [-0.2, 0) is 14.4 Å². The fourth-order valence-corrected chi connectivity index (χ4v) is 2.41. The molecule has 0 aromatic carbocycles. The number of unbranched alkanes of at least 4 members (excludes halogenated alkanes) is 2. The molecule has 0 fully saturated rings. The Morgan fingerprint density at radius 2 is 1.71 bits per heavy atom. The number of carbonyl (C=O) groups is 3. The number of halogens is 3. The number of nitrogens with one attached hydrogen (secondary N) is 1. The average molecular weight is 348 g/mol. The van der Waals surface area contributed by atoms with Gasteiger partial charge in [0.1, 0.15) is 12.3 Å². The molecule has 1 rings (SSSR count). The molecule has 1 heterocycles. The fraction of sp³-hybridized carbons (Fsp3) is 0.688. The lowest BCUT2D eigenvalue weighted by Gasteiger charge is -2.26. The van der Waals surface area contributed by atoms with E-state index in [0.29, 0.717) is 19.1 Å². The highest BCUT2D eigenvalue weighted by atomic mass is 19.4. The van der Waals surface area contributed by atoms with E-state index < -0.39 is 18.3 Å². The number of carbonyl (C=O) groups excluding carboxylic acids is 3. The predicted octanol–water partition coefficient (Wildman–Crippen LogP) is 2.22. The van der Waals surface area contributed by atoms with E-state index in [-0.39, 0.29) is 37.1 Å². The van der Waals surface area contributed by atoms with Crippen LogP contribution in [-0.4, -0.2) is 47.8 Å². The molecule has 0 aromatic heterocycles. The second-order valence-corrected chi connectivity index (χ2v) is 6.18. The van der Waals surface area contributed by atoms with E-state index in [9.17, 15) is 27.6 Å². The SMILES string of the molecule is CC(C)C(C=O)NC(CCCCCN1C(=O)C=CC1=O)C(F)(F)F. The Balaban J connectivity index is 2.39. The number of hydrogen-bond acceptors (Lipinski definition) is 4. The maximum absolute atomic E-state index is 13.1. The zero-order chi connectivity index (χ0) is 18.3. The Kier molecular flexibility index (Phi) is 7.59. The van der Waals surface area contributed by atoms with Crippen molar-refractivity contribution in [2.24, 2.45) is 5.92 Å². The van der Waals surface area contributed by atoms with Gasteiger partial charge in [0.15, 0.2) is 0 Å². The van der Waals surface area contributed by atoms with Gasteiger partial charge in [0.05, 0.1) is 6.04 Å². The molecule has 0 saturated carbocycles. The summed E-state index contributed by atoms with van der Waals surface area (Å²) in [6.07, 6.45) is -0.536. The zero-order valence-electron chi connectivity index (χ0n) is 13.8. The maximum Gasteiger partial charge on any atom is 0.403 e. The molecule has 0 bridgehead atoms. The van der Waals surface area contributed by atoms with Crippen molar-refractivity contribution in [3.8, 4) is 0 Å². The van der Waals surface area contributed by atoms with E-state index in [1.165, 1.54) is 12.2 Å². The van der Waals surface area contributed by atoms with Gasteiger partial charge in [-0.15, -0.1) is 0 Å². The standard InChI is InChI=1S/C16H23F3N2O3/c1-11(2)12(10-22)20-13(16(17,18)19)6-4-3-5-9-21-14(23)7-8-15(21)24/h7-8,10-13,20H,3-6,9H2,1-2H3. The molecule has 2 amide bonds. The zero-order valence-corrected chi connectivity index (χ0v) is 13.8. The van der Waals surface area contributed by atoms with Crippen LogP contribution in [0.15, 0.2) is 12.2 Å². The first-order chi connectivity index (χ1) is 11.2. The number of imide groups is 1. The monoisotopic (exact) mass is 348 g/mol. The lowest BCUT2D eigenvalue weighted by atomic mass is 10.0. The molecule has 0 aliphatic carbocycles. The van der Waals surface area contributed by atoms with Crippen LogP contribution >= 0.6 is 0 Å². The number of aldehydes is 1. The lowest BCUT2D eigenvalue weighted by Crippen LogP contribution is -2.49. The second kappa shape index (κ2) is 8.96. The summed E-state index contributed by atoms with van der Waals surface area (Å²) >= 11 is 0. The summed E-state index contributed by atoms with van der Waals surface area (Å²) in [4.78, 5) is 34.6. The van der Waals surface area contributed by atoms with Crippen LogP contribution in [0.4, 0.5) is 13.2 Å². The minimum Gasteiger partial charge on any atom is -0.302 e. The van der Waals surface area contributed by atoms with Crippen molar-refractivity contribution in [1.29, 1.82) is 0 Å². The first-order valence-electron chi connectivity index (χ1n) is 7.98. The first-order valence-corrected chi connectivity index (χ1v) is 7.98. The quantitative estimate of drug-likeness (QED) is 0.373. The molecular weight excluding hydrogens is 325 g/mol. The Bertz CT molecular complexity index is 471. The highest BCUT2D eigenvalue weighted by molar-refractivity contribution is 6.12. The van der Waals surface area contributed by atoms with Gasteiger partial charge < -0.3 is 4.79 Å². The van der Waals surface area contributed by atoms with Crippen molar-refractivity contribution in [2.75, 3.05) is 6.54 Å². The molecule has 0 saturated heterocycles. The van der Waals surface area contributed by atoms with Gasteiger partial charge in [-0.1, -0.05) is 26.7 Å². The molecule has 2 unspecified atom stereocenters. The second-order valence-electron chi connectivity index (χ2n) is 6.18. The van der Waals surface area contributed by atoms with Gasteiger partial charge in [0, 0.05) is 18.7 Å². The highest BCUT2D eigenvalue weighted by Gasteiger charge is 2.40. The lowest BCUT2D eigenvalue weighted by molar-refractivity contribution is -0.160. The van der Waals surface area contributed by atoms with Crippen molar-refractivity contribution in [2.45, 2.75) is 57.8 Å². The van der Waals surface area contributed by atoms with Crippen LogP contribution in [0.3, 0.4) is 0 Å².